The van der Waals surface area contributed by atoms with E-state index in [2.05, 4.69) is 35.8 Å². The smallest absolute Gasteiger partial charge is 0.283 e. The number of hydrogen-bond acceptors (Lipinski definition) is 5. The zero-order valence-electron chi connectivity index (χ0n) is 16.0. The Morgan fingerprint density at radius 1 is 1.19 bits per heavy atom. The standard InChI is InChI=1S/C20H25N5OS/c1-4-7-8-17-23-25-18(21)16(19(26)22-20(25)27-17)13-14-9-11-15(12-10-14)24(5-2)6-3/h9-13,21H,4-8H2,1-3H3/b16-13-,21-18?. The van der Waals surface area contributed by atoms with Crippen LogP contribution >= 0.6 is 11.8 Å². The van der Waals surface area contributed by atoms with Crippen LogP contribution in [0.15, 0.2) is 39.9 Å². The summed E-state index contributed by atoms with van der Waals surface area (Å²) in [6.07, 6.45) is 4.69. The van der Waals surface area contributed by atoms with Crippen LogP contribution < -0.4 is 4.90 Å². The molecule has 27 heavy (non-hydrogen) atoms. The van der Waals surface area contributed by atoms with Crippen LogP contribution in [0.3, 0.4) is 0 Å². The summed E-state index contributed by atoms with van der Waals surface area (Å²) < 4.78 is 0. The Morgan fingerprint density at radius 2 is 1.89 bits per heavy atom. The number of thioether (sulfide) groups is 1. The molecule has 1 N–H and O–H groups in total. The number of amides is 1. The molecule has 0 fully saturated rings. The van der Waals surface area contributed by atoms with E-state index in [-0.39, 0.29) is 17.3 Å². The maximum absolute atomic E-state index is 12.4. The largest absolute Gasteiger partial charge is 0.372 e. The number of nitrogens with one attached hydrogen (secondary N) is 1. The lowest BCUT2D eigenvalue weighted by Gasteiger charge is -2.21. The summed E-state index contributed by atoms with van der Waals surface area (Å²) in [4.78, 5) is 18.8. The molecule has 1 amide bonds. The zero-order valence-corrected chi connectivity index (χ0v) is 16.8. The lowest BCUT2D eigenvalue weighted by Crippen LogP contribution is -2.35. The first kappa shape index (κ1) is 19.4. The molecule has 2 aliphatic heterocycles. The predicted molar refractivity (Wildman–Crippen MR) is 115 cm³/mol. The number of hydrazone groups is 1. The molecule has 1 aromatic carbocycles. The number of unbranched alkanes of at least 4 members (excludes halogenated alkanes) is 1. The third kappa shape index (κ3) is 4.13. The minimum Gasteiger partial charge on any atom is -0.372 e. The number of anilines is 1. The van der Waals surface area contributed by atoms with Crippen molar-refractivity contribution in [2.75, 3.05) is 18.0 Å². The van der Waals surface area contributed by atoms with Gasteiger partial charge in [0.05, 0.1) is 5.57 Å². The first-order chi connectivity index (χ1) is 13.1. The van der Waals surface area contributed by atoms with Crippen LogP contribution in [0.2, 0.25) is 0 Å². The van der Waals surface area contributed by atoms with E-state index in [9.17, 15) is 4.79 Å². The van der Waals surface area contributed by atoms with Crippen LogP contribution in [-0.2, 0) is 4.79 Å². The second-order valence-corrected chi connectivity index (χ2v) is 7.42. The van der Waals surface area contributed by atoms with Gasteiger partial charge in [0.1, 0.15) is 5.04 Å². The quantitative estimate of drug-likeness (QED) is 0.711. The average Bonchev–Trinajstić information content (AvgIpc) is 3.08. The van der Waals surface area contributed by atoms with Crippen molar-refractivity contribution in [3.8, 4) is 0 Å². The first-order valence-corrected chi connectivity index (χ1v) is 10.2. The van der Waals surface area contributed by atoms with Crippen LogP contribution in [0.1, 0.15) is 45.6 Å². The topological polar surface area (TPSA) is 72.1 Å². The van der Waals surface area contributed by atoms with Gasteiger partial charge >= 0.3 is 0 Å². The highest BCUT2D eigenvalue weighted by molar-refractivity contribution is 8.26. The van der Waals surface area contributed by atoms with Gasteiger partial charge in [-0.2, -0.15) is 15.1 Å². The summed E-state index contributed by atoms with van der Waals surface area (Å²) in [5, 5.41) is 15.8. The summed E-state index contributed by atoms with van der Waals surface area (Å²) in [6, 6.07) is 8.01. The Hall–Kier alpha value is -2.41. The van der Waals surface area contributed by atoms with Crippen molar-refractivity contribution in [2.45, 2.75) is 40.0 Å². The summed E-state index contributed by atoms with van der Waals surface area (Å²) in [5.74, 6) is -0.282. The van der Waals surface area contributed by atoms with E-state index < -0.39 is 0 Å². The monoisotopic (exact) mass is 383 g/mol. The van der Waals surface area contributed by atoms with E-state index in [1.807, 2.05) is 24.3 Å². The van der Waals surface area contributed by atoms with E-state index in [0.717, 1.165) is 48.6 Å². The van der Waals surface area contributed by atoms with Gasteiger partial charge in [-0.15, -0.1) is 0 Å². The fraction of sp³-hybridized carbons (Fsp3) is 0.400. The maximum Gasteiger partial charge on any atom is 0.283 e. The lowest BCUT2D eigenvalue weighted by atomic mass is 10.1. The van der Waals surface area contributed by atoms with Gasteiger partial charge in [-0.05, 0) is 62.2 Å². The van der Waals surface area contributed by atoms with Crippen LogP contribution in [-0.4, -0.2) is 40.1 Å². The molecule has 2 aliphatic rings. The Labute approximate surface area is 164 Å². The van der Waals surface area contributed by atoms with Gasteiger partial charge in [-0.1, -0.05) is 25.5 Å². The number of amidine groups is 2. The molecule has 0 saturated heterocycles. The van der Waals surface area contributed by atoms with Crippen molar-refractivity contribution < 1.29 is 4.79 Å². The molecule has 0 saturated carbocycles. The Bertz CT molecular complexity index is 821. The molecule has 0 atom stereocenters. The van der Waals surface area contributed by atoms with Gasteiger partial charge in [-0.25, -0.2) is 0 Å². The highest BCUT2D eigenvalue weighted by Gasteiger charge is 2.35. The molecular weight excluding hydrogens is 358 g/mol. The number of benzene rings is 1. The maximum atomic E-state index is 12.4. The molecule has 0 aliphatic carbocycles. The van der Waals surface area contributed by atoms with Crippen molar-refractivity contribution in [1.82, 2.24) is 5.01 Å². The second-order valence-electron chi connectivity index (χ2n) is 6.38. The third-order valence-corrected chi connectivity index (χ3v) is 5.54. The number of aliphatic imine (C=N–C) groups is 1. The number of carbonyl (C=O) groups is 1. The van der Waals surface area contributed by atoms with Crippen LogP contribution in [0.4, 0.5) is 5.69 Å². The van der Waals surface area contributed by atoms with Gasteiger partial charge in [0, 0.05) is 18.8 Å². The SMILES string of the molecule is CCCCC1=NN2C(=N)/C(=C/c3ccc(N(CC)CC)cc3)C(=O)N=C2S1. The summed E-state index contributed by atoms with van der Waals surface area (Å²) in [5.41, 5.74) is 2.30. The molecule has 0 unspecified atom stereocenters. The van der Waals surface area contributed by atoms with Gasteiger partial charge in [0.15, 0.2) is 5.84 Å². The van der Waals surface area contributed by atoms with E-state index in [1.54, 1.807) is 6.08 Å². The van der Waals surface area contributed by atoms with Gasteiger partial charge < -0.3 is 4.90 Å². The van der Waals surface area contributed by atoms with Gasteiger partial charge in [0.2, 0.25) is 5.17 Å². The number of nitrogens with zero attached hydrogens (tertiary/aromatic N) is 4. The molecular formula is C20H25N5OS. The average molecular weight is 384 g/mol. The predicted octanol–water partition coefficient (Wildman–Crippen LogP) is 4.34. The molecule has 142 valence electrons. The molecule has 0 bridgehead atoms. The van der Waals surface area contributed by atoms with E-state index in [0.29, 0.717) is 5.17 Å². The molecule has 0 spiro atoms. The Kier molecular flexibility index (Phi) is 6.11. The highest BCUT2D eigenvalue weighted by Crippen LogP contribution is 2.30. The van der Waals surface area contributed by atoms with E-state index >= 15 is 0 Å². The fourth-order valence-corrected chi connectivity index (χ4v) is 3.92. The Morgan fingerprint density at radius 3 is 2.52 bits per heavy atom. The van der Waals surface area contributed by atoms with Crippen molar-refractivity contribution in [1.29, 1.82) is 5.41 Å². The van der Waals surface area contributed by atoms with Crippen LogP contribution in [0.5, 0.6) is 0 Å². The van der Waals surface area contributed by atoms with E-state index in [4.69, 9.17) is 5.41 Å². The lowest BCUT2D eigenvalue weighted by molar-refractivity contribution is -0.114. The normalized spacial score (nSPS) is 17.9. The number of fused-ring (bicyclic) bond motifs is 1. The van der Waals surface area contributed by atoms with Crippen molar-refractivity contribution in [3.63, 3.8) is 0 Å². The second kappa shape index (κ2) is 8.52. The zero-order chi connectivity index (χ0) is 19.4. The molecule has 7 heteroatoms. The molecule has 0 aromatic heterocycles. The van der Waals surface area contributed by atoms with Crippen LogP contribution in [0.25, 0.3) is 6.08 Å². The molecule has 1 aromatic rings. The highest BCUT2D eigenvalue weighted by atomic mass is 32.2. The first-order valence-electron chi connectivity index (χ1n) is 9.41. The molecule has 2 heterocycles. The molecule has 6 nitrogen and oxygen atoms in total. The minimum atomic E-state index is -0.376. The van der Waals surface area contributed by atoms with Crippen molar-refractivity contribution in [2.24, 2.45) is 10.1 Å². The van der Waals surface area contributed by atoms with Crippen LogP contribution in [0, 0.1) is 5.41 Å². The third-order valence-electron chi connectivity index (χ3n) is 4.57. The van der Waals surface area contributed by atoms with Gasteiger partial charge in [0.25, 0.3) is 5.91 Å². The molecule has 3 rings (SSSR count). The number of hydrogen-bond donors (Lipinski definition) is 1. The Balaban J connectivity index is 1.82. The summed E-state index contributed by atoms with van der Waals surface area (Å²) in [7, 11) is 0. The summed E-state index contributed by atoms with van der Waals surface area (Å²) >= 11 is 1.39. The molecule has 0 radical (unpaired) electrons. The number of carbonyl (C=O) groups excluding carboxylic acids is 1. The minimum absolute atomic E-state index is 0.0943. The summed E-state index contributed by atoms with van der Waals surface area (Å²) in [6.45, 7) is 8.27. The van der Waals surface area contributed by atoms with Crippen molar-refractivity contribution in [3.05, 3.63) is 35.4 Å². The van der Waals surface area contributed by atoms with Gasteiger partial charge in [-0.3, -0.25) is 10.2 Å². The fourth-order valence-electron chi connectivity index (χ4n) is 3.00. The number of rotatable bonds is 7. The van der Waals surface area contributed by atoms with Crippen molar-refractivity contribution >= 4 is 45.5 Å². The van der Waals surface area contributed by atoms with E-state index in [1.165, 1.54) is 16.8 Å².